The highest BCUT2D eigenvalue weighted by molar-refractivity contribution is 6.17. The Bertz CT molecular complexity index is 200. The molecule has 0 fully saturated rings. The molecule has 0 atom stereocenters. The van der Waals surface area contributed by atoms with Crippen LogP contribution in [0.2, 0.25) is 0 Å². The molecule has 15 heavy (non-hydrogen) atoms. The van der Waals surface area contributed by atoms with E-state index < -0.39 is 5.97 Å². The third kappa shape index (κ3) is 9.80. The molecule has 0 aromatic heterocycles. The fourth-order valence-electron chi connectivity index (χ4n) is 1.35. The number of halogens is 1. The van der Waals surface area contributed by atoms with E-state index in [1.54, 1.807) is 13.0 Å². The summed E-state index contributed by atoms with van der Waals surface area (Å²) in [6.45, 7) is 1.64. The van der Waals surface area contributed by atoms with Crippen molar-refractivity contribution in [2.45, 2.75) is 51.9 Å². The summed E-state index contributed by atoms with van der Waals surface area (Å²) in [7, 11) is 0. The van der Waals surface area contributed by atoms with Crippen molar-refractivity contribution < 1.29 is 9.90 Å². The number of hydrogen-bond donors (Lipinski definition) is 1. The van der Waals surface area contributed by atoms with Gasteiger partial charge in [0, 0.05) is 11.5 Å². The Morgan fingerprint density at radius 1 is 1.13 bits per heavy atom. The number of unbranched alkanes of at least 4 members (excludes halogenated alkanes) is 6. The molecule has 0 amide bonds. The van der Waals surface area contributed by atoms with Gasteiger partial charge in [-0.2, -0.15) is 0 Å². The largest absolute Gasteiger partial charge is 0.478 e. The van der Waals surface area contributed by atoms with Crippen molar-refractivity contribution in [1.82, 2.24) is 0 Å². The quantitative estimate of drug-likeness (QED) is 0.371. The molecule has 0 aromatic rings. The minimum Gasteiger partial charge on any atom is -0.478 e. The number of alkyl halides is 1. The van der Waals surface area contributed by atoms with Gasteiger partial charge in [0.25, 0.3) is 0 Å². The van der Waals surface area contributed by atoms with E-state index in [4.69, 9.17) is 16.7 Å². The topological polar surface area (TPSA) is 37.3 Å². The third-order valence-electron chi connectivity index (χ3n) is 2.38. The second kappa shape index (κ2) is 10.0. The molecule has 0 saturated heterocycles. The van der Waals surface area contributed by atoms with Crippen molar-refractivity contribution in [2.75, 3.05) is 5.88 Å². The number of allylic oxidation sites excluding steroid dienone is 1. The molecule has 0 aliphatic carbocycles. The Hall–Kier alpha value is -0.500. The van der Waals surface area contributed by atoms with Gasteiger partial charge >= 0.3 is 5.97 Å². The lowest BCUT2D eigenvalue weighted by atomic mass is 10.1. The van der Waals surface area contributed by atoms with Crippen LogP contribution in [0.25, 0.3) is 0 Å². The van der Waals surface area contributed by atoms with Gasteiger partial charge in [-0.05, 0) is 26.2 Å². The van der Waals surface area contributed by atoms with Crippen molar-refractivity contribution in [3.05, 3.63) is 11.6 Å². The number of carboxylic acids is 1. The molecule has 0 rings (SSSR count). The Morgan fingerprint density at radius 2 is 1.67 bits per heavy atom. The van der Waals surface area contributed by atoms with Gasteiger partial charge in [0.05, 0.1) is 0 Å². The lowest BCUT2D eigenvalue weighted by Gasteiger charge is -1.99. The second-order valence-electron chi connectivity index (χ2n) is 3.79. The molecule has 0 saturated carbocycles. The molecule has 0 radical (unpaired) electrons. The fraction of sp³-hybridized carbons (Fsp3) is 0.750. The summed E-state index contributed by atoms with van der Waals surface area (Å²) >= 11 is 5.57. The van der Waals surface area contributed by atoms with Crippen molar-refractivity contribution >= 4 is 17.6 Å². The second-order valence-corrected chi connectivity index (χ2v) is 4.17. The highest BCUT2D eigenvalue weighted by Crippen LogP contribution is 2.09. The Morgan fingerprint density at radius 3 is 2.20 bits per heavy atom. The van der Waals surface area contributed by atoms with Crippen LogP contribution in [-0.2, 0) is 4.79 Å². The number of rotatable bonds is 9. The molecule has 0 bridgehead atoms. The molecular formula is C12H21ClO2. The van der Waals surface area contributed by atoms with Crippen LogP contribution in [0.4, 0.5) is 0 Å². The Kier molecular flexibility index (Phi) is 9.70. The summed E-state index contributed by atoms with van der Waals surface area (Å²) in [5, 5.41) is 8.60. The van der Waals surface area contributed by atoms with Crippen molar-refractivity contribution in [3.63, 3.8) is 0 Å². The Labute approximate surface area is 97.3 Å². The van der Waals surface area contributed by atoms with Crippen molar-refractivity contribution in [1.29, 1.82) is 0 Å². The van der Waals surface area contributed by atoms with Crippen LogP contribution in [0.1, 0.15) is 51.9 Å². The Balaban J connectivity index is 3.25. The summed E-state index contributed by atoms with van der Waals surface area (Å²) in [6.07, 6.45) is 9.77. The van der Waals surface area contributed by atoms with E-state index in [2.05, 4.69) is 0 Å². The van der Waals surface area contributed by atoms with Crippen molar-refractivity contribution in [2.24, 2.45) is 0 Å². The minimum absolute atomic E-state index is 0.456. The summed E-state index contributed by atoms with van der Waals surface area (Å²) in [6, 6.07) is 0. The first-order valence-corrected chi connectivity index (χ1v) is 6.18. The van der Waals surface area contributed by atoms with Crippen molar-refractivity contribution in [3.8, 4) is 0 Å². The first-order valence-electron chi connectivity index (χ1n) is 5.64. The average molecular weight is 233 g/mol. The van der Waals surface area contributed by atoms with Gasteiger partial charge in [-0.15, -0.1) is 11.6 Å². The molecule has 0 aromatic carbocycles. The summed E-state index contributed by atoms with van der Waals surface area (Å²) in [4.78, 5) is 10.5. The predicted octanol–water partition coefficient (Wildman–Crippen LogP) is 3.99. The van der Waals surface area contributed by atoms with E-state index in [1.807, 2.05) is 0 Å². The highest BCUT2D eigenvalue weighted by Gasteiger charge is 1.97. The van der Waals surface area contributed by atoms with Crippen LogP contribution in [0.15, 0.2) is 11.6 Å². The van der Waals surface area contributed by atoms with Gasteiger partial charge < -0.3 is 5.11 Å². The number of carboxylic acid groups (broad SMARTS) is 1. The average Bonchev–Trinajstić information content (AvgIpc) is 2.21. The molecular weight excluding hydrogens is 212 g/mol. The molecule has 1 N–H and O–H groups in total. The molecule has 0 spiro atoms. The molecule has 0 unspecified atom stereocenters. The van der Waals surface area contributed by atoms with Crippen LogP contribution in [0.3, 0.4) is 0 Å². The third-order valence-corrected chi connectivity index (χ3v) is 2.64. The lowest BCUT2D eigenvalue weighted by molar-refractivity contribution is -0.132. The van der Waals surface area contributed by atoms with Gasteiger partial charge in [0.15, 0.2) is 0 Å². The molecule has 0 aliphatic rings. The predicted molar refractivity (Wildman–Crippen MR) is 64.4 cm³/mol. The number of hydrogen-bond acceptors (Lipinski definition) is 1. The van der Waals surface area contributed by atoms with Gasteiger partial charge in [-0.25, -0.2) is 4.79 Å². The van der Waals surface area contributed by atoms with Crippen LogP contribution < -0.4 is 0 Å². The molecule has 88 valence electrons. The number of aliphatic carboxylic acids is 1. The van der Waals surface area contributed by atoms with E-state index in [9.17, 15) is 4.79 Å². The van der Waals surface area contributed by atoms with E-state index in [1.165, 1.54) is 25.7 Å². The van der Waals surface area contributed by atoms with E-state index in [0.717, 1.165) is 25.1 Å². The highest BCUT2D eigenvalue weighted by atomic mass is 35.5. The van der Waals surface area contributed by atoms with Gasteiger partial charge in [0.1, 0.15) is 0 Å². The maximum atomic E-state index is 10.5. The minimum atomic E-state index is -0.808. The molecule has 3 heteroatoms. The first kappa shape index (κ1) is 14.5. The van der Waals surface area contributed by atoms with Crippen LogP contribution >= 0.6 is 11.6 Å². The van der Waals surface area contributed by atoms with E-state index in [-0.39, 0.29) is 0 Å². The summed E-state index contributed by atoms with van der Waals surface area (Å²) in [5.41, 5.74) is 0.456. The smallest absolute Gasteiger partial charge is 0.330 e. The fourth-order valence-corrected chi connectivity index (χ4v) is 1.54. The van der Waals surface area contributed by atoms with Gasteiger partial charge in [0.2, 0.25) is 0 Å². The lowest BCUT2D eigenvalue weighted by Crippen LogP contribution is -1.95. The van der Waals surface area contributed by atoms with E-state index >= 15 is 0 Å². The standard InChI is InChI=1S/C12H21ClO2/c1-11(12(14)15)9-7-5-3-2-4-6-8-10-13/h9H,2-8,10H2,1H3,(H,14,15). The zero-order valence-corrected chi connectivity index (χ0v) is 10.2. The number of carbonyl (C=O) groups is 1. The van der Waals surface area contributed by atoms with Crippen LogP contribution in [0.5, 0.6) is 0 Å². The van der Waals surface area contributed by atoms with Gasteiger partial charge in [-0.1, -0.05) is 31.8 Å². The van der Waals surface area contributed by atoms with Crippen LogP contribution in [-0.4, -0.2) is 17.0 Å². The van der Waals surface area contributed by atoms with E-state index in [0.29, 0.717) is 5.57 Å². The molecule has 0 heterocycles. The monoisotopic (exact) mass is 232 g/mol. The maximum absolute atomic E-state index is 10.5. The molecule has 0 aliphatic heterocycles. The van der Waals surface area contributed by atoms with Gasteiger partial charge in [-0.3, -0.25) is 0 Å². The first-order chi connectivity index (χ1) is 7.18. The zero-order chi connectivity index (χ0) is 11.5. The zero-order valence-electron chi connectivity index (χ0n) is 9.47. The summed E-state index contributed by atoms with van der Waals surface area (Å²) in [5.74, 6) is -0.0438. The van der Waals surface area contributed by atoms with Crippen LogP contribution in [0, 0.1) is 0 Å². The SMILES string of the molecule is CC(=CCCCCCCCCCl)C(=O)O. The summed E-state index contributed by atoms with van der Waals surface area (Å²) < 4.78 is 0. The molecule has 2 nitrogen and oxygen atoms in total. The normalized spacial score (nSPS) is 11.7. The maximum Gasteiger partial charge on any atom is 0.330 e.